The summed E-state index contributed by atoms with van der Waals surface area (Å²) in [5, 5.41) is 9.09. The van der Waals surface area contributed by atoms with Crippen LogP contribution in [0.25, 0.3) is 0 Å². The lowest BCUT2D eigenvalue weighted by atomic mass is 9.96. The highest BCUT2D eigenvalue weighted by Crippen LogP contribution is 2.33. The van der Waals surface area contributed by atoms with Crippen molar-refractivity contribution in [2.24, 2.45) is 11.7 Å². The molecule has 1 aromatic rings. The van der Waals surface area contributed by atoms with Gasteiger partial charge in [-0.2, -0.15) is 18.4 Å². The number of piperidine rings is 1. The van der Waals surface area contributed by atoms with Crippen LogP contribution in [0.2, 0.25) is 0 Å². The van der Waals surface area contributed by atoms with Crippen molar-refractivity contribution in [3.63, 3.8) is 0 Å². The number of rotatable bonds is 2. The Morgan fingerprint density at radius 1 is 1.40 bits per heavy atom. The van der Waals surface area contributed by atoms with Crippen LogP contribution in [0.1, 0.15) is 24.0 Å². The molecule has 108 valence electrons. The highest BCUT2D eigenvalue weighted by Gasteiger charge is 2.31. The van der Waals surface area contributed by atoms with Crippen molar-refractivity contribution in [2.75, 3.05) is 24.5 Å². The molecule has 0 aromatic heterocycles. The smallest absolute Gasteiger partial charge is 0.370 e. The molecule has 0 saturated carbocycles. The SMILES string of the molecule is N#Cc1cc(C(F)(F)F)ccc1N1CCCC(CN)C1. The molecule has 0 spiro atoms. The number of nitrogens with zero attached hydrogens (tertiary/aromatic N) is 2. The van der Waals surface area contributed by atoms with E-state index in [0.29, 0.717) is 24.7 Å². The normalized spacial score (nSPS) is 19.8. The molecule has 1 unspecified atom stereocenters. The van der Waals surface area contributed by atoms with Crippen LogP contribution in [0, 0.1) is 17.2 Å². The first kappa shape index (κ1) is 14.7. The highest BCUT2D eigenvalue weighted by molar-refractivity contribution is 5.61. The minimum atomic E-state index is -4.42. The Bertz CT molecular complexity index is 519. The van der Waals surface area contributed by atoms with Gasteiger partial charge in [-0.3, -0.25) is 0 Å². The molecule has 0 bridgehead atoms. The number of alkyl halides is 3. The Morgan fingerprint density at radius 2 is 2.15 bits per heavy atom. The van der Waals surface area contributed by atoms with Gasteiger partial charge in [0.05, 0.1) is 16.8 Å². The fourth-order valence-electron chi connectivity index (χ4n) is 2.55. The number of nitrogens with two attached hydrogens (primary N) is 1. The van der Waals surface area contributed by atoms with Gasteiger partial charge in [-0.1, -0.05) is 0 Å². The molecule has 1 aromatic carbocycles. The van der Waals surface area contributed by atoms with Crippen LogP contribution < -0.4 is 10.6 Å². The average Bonchev–Trinajstić information content (AvgIpc) is 2.45. The Labute approximate surface area is 115 Å². The van der Waals surface area contributed by atoms with Crippen molar-refractivity contribution in [3.8, 4) is 6.07 Å². The van der Waals surface area contributed by atoms with E-state index in [2.05, 4.69) is 0 Å². The van der Waals surface area contributed by atoms with Gasteiger partial charge >= 0.3 is 6.18 Å². The lowest BCUT2D eigenvalue weighted by Gasteiger charge is -2.34. The standard InChI is InChI=1S/C14H16F3N3/c15-14(16,17)12-3-4-13(11(6-12)8-19)20-5-1-2-10(7-18)9-20/h3-4,6,10H,1-2,5,7,9,18H2. The molecule has 6 heteroatoms. The lowest BCUT2D eigenvalue weighted by Crippen LogP contribution is -2.38. The van der Waals surface area contributed by atoms with Gasteiger partial charge in [0.1, 0.15) is 6.07 Å². The van der Waals surface area contributed by atoms with Gasteiger partial charge in [0, 0.05) is 13.1 Å². The number of hydrogen-bond acceptors (Lipinski definition) is 3. The third-order valence-electron chi connectivity index (χ3n) is 3.64. The maximum absolute atomic E-state index is 12.7. The second kappa shape index (κ2) is 5.71. The summed E-state index contributed by atoms with van der Waals surface area (Å²) in [6.07, 6.45) is -2.46. The van der Waals surface area contributed by atoms with Crippen molar-refractivity contribution < 1.29 is 13.2 Å². The van der Waals surface area contributed by atoms with E-state index in [-0.39, 0.29) is 5.56 Å². The number of hydrogen-bond donors (Lipinski definition) is 1. The zero-order valence-corrected chi connectivity index (χ0v) is 11.0. The molecule has 1 aliphatic rings. The topological polar surface area (TPSA) is 53.0 Å². The molecule has 1 heterocycles. The van der Waals surface area contributed by atoms with Crippen molar-refractivity contribution in [1.82, 2.24) is 0 Å². The number of anilines is 1. The molecular weight excluding hydrogens is 267 g/mol. The second-order valence-corrected chi connectivity index (χ2v) is 5.03. The van der Waals surface area contributed by atoms with Gasteiger partial charge < -0.3 is 10.6 Å². The molecule has 1 atom stereocenters. The first-order valence-corrected chi connectivity index (χ1v) is 6.52. The molecule has 2 rings (SSSR count). The summed E-state index contributed by atoms with van der Waals surface area (Å²) in [4.78, 5) is 1.96. The maximum atomic E-state index is 12.7. The first-order chi connectivity index (χ1) is 9.45. The van der Waals surface area contributed by atoms with Crippen LogP contribution in [-0.2, 0) is 6.18 Å². The number of benzene rings is 1. The second-order valence-electron chi connectivity index (χ2n) is 5.03. The van der Waals surface area contributed by atoms with Gasteiger partial charge in [0.15, 0.2) is 0 Å². The van der Waals surface area contributed by atoms with E-state index in [0.717, 1.165) is 31.5 Å². The largest absolute Gasteiger partial charge is 0.416 e. The van der Waals surface area contributed by atoms with E-state index in [9.17, 15) is 13.2 Å². The molecule has 0 amide bonds. The summed E-state index contributed by atoms with van der Waals surface area (Å²) < 4.78 is 38.0. The average molecular weight is 283 g/mol. The molecule has 1 aliphatic heterocycles. The summed E-state index contributed by atoms with van der Waals surface area (Å²) >= 11 is 0. The van der Waals surface area contributed by atoms with Crippen LogP contribution in [0.4, 0.5) is 18.9 Å². The molecule has 20 heavy (non-hydrogen) atoms. The van der Waals surface area contributed by atoms with Gasteiger partial charge in [-0.25, -0.2) is 0 Å². The van der Waals surface area contributed by atoms with E-state index in [1.807, 2.05) is 11.0 Å². The van der Waals surface area contributed by atoms with Crippen molar-refractivity contribution in [2.45, 2.75) is 19.0 Å². The summed E-state index contributed by atoms with van der Waals surface area (Å²) in [5.74, 6) is 0.331. The molecule has 3 nitrogen and oxygen atoms in total. The Morgan fingerprint density at radius 3 is 2.75 bits per heavy atom. The molecular formula is C14H16F3N3. The van der Waals surface area contributed by atoms with E-state index >= 15 is 0 Å². The molecule has 2 N–H and O–H groups in total. The van der Waals surface area contributed by atoms with Gasteiger partial charge in [0.2, 0.25) is 0 Å². The van der Waals surface area contributed by atoms with E-state index in [1.165, 1.54) is 6.07 Å². The zero-order chi connectivity index (χ0) is 14.8. The van der Waals surface area contributed by atoms with E-state index in [1.54, 1.807) is 0 Å². The predicted molar refractivity (Wildman–Crippen MR) is 70.2 cm³/mol. The number of nitriles is 1. The fraction of sp³-hybridized carbons (Fsp3) is 0.500. The quantitative estimate of drug-likeness (QED) is 0.908. The Hall–Kier alpha value is -1.74. The van der Waals surface area contributed by atoms with E-state index < -0.39 is 11.7 Å². The van der Waals surface area contributed by atoms with Gasteiger partial charge in [-0.05, 0) is 43.5 Å². The molecule has 0 aliphatic carbocycles. The third kappa shape index (κ3) is 3.05. The fourth-order valence-corrected chi connectivity index (χ4v) is 2.55. The van der Waals surface area contributed by atoms with Crippen LogP contribution in [-0.4, -0.2) is 19.6 Å². The zero-order valence-electron chi connectivity index (χ0n) is 11.0. The van der Waals surface area contributed by atoms with Crippen LogP contribution in [0.15, 0.2) is 18.2 Å². The van der Waals surface area contributed by atoms with Crippen LogP contribution >= 0.6 is 0 Å². The molecule has 0 radical (unpaired) electrons. The summed E-state index contributed by atoms with van der Waals surface area (Å²) in [6, 6.07) is 5.20. The van der Waals surface area contributed by atoms with Crippen molar-refractivity contribution >= 4 is 5.69 Å². The summed E-state index contributed by atoms with van der Waals surface area (Å²) in [5.41, 5.74) is 5.50. The lowest BCUT2D eigenvalue weighted by molar-refractivity contribution is -0.137. The van der Waals surface area contributed by atoms with Crippen molar-refractivity contribution in [1.29, 1.82) is 5.26 Å². The van der Waals surface area contributed by atoms with Crippen LogP contribution in [0.3, 0.4) is 0 Å². The maximum Gasteiger partial charge on any atom is 0.416 e. The molecule has 1 fully saturated rings. The molecule has 1 saturated heterocycles. The summed E-state index contributed by atoms with van der Waals surface area (Å²) in [6.45, 7) is 1.99. The Balaban J connectivity index is 2.30. The first-order valence-electron chi connectivity index (χ1n) is 6.52. The Kier molecular flexibility index (Phi) is 4.19. The monoisotopic (exact) mass is 283 g/mol. The van der Waals surface area contributed by atoms with Gasteiger partial charge in [0.25, 0.3) is 0 Å². The number of halogens is 3. The van der Waals surface area contributed by atoms with Crippen LogP contribution in [0.5, 0.6) is 0 Å². The van der Waals surface area contributed by atoms with Crippen molar-refractivity contribution in [3.05, 3.63) is 29.3 Å². The third-order valence-corrected chi connectivity index (χ3v) is 3.64. The van der Waals surface area contributed by atoms with Gasteiger partial charge in [-0.15, -0.1) is 0 Å². The minimum Gasteiger partial charge on any atom is -0.370 e. The van der Waals surface area contributed by atoms with E-state index in [4.69, 9.17) is 11.0 Å². The minimum absolute atomic E-state index is 0.0671. The summed E-state index contributed by atoms with van der Waals surface area (Å²) in [7, 11) is 0. The highest BCUT2D eigenvalue weighted by atomic mass is 19.4. The predicted octanol–water partition coefficient (Wildman–Crippen LogP) is 2.75.